The van der Waals surface area contributed by atoms with E-state index >= 15 is 0 Å². The van der Waals surface area contributed by atoms with Crippen molar-refractivity contribution in [1.82, 2.24) is 0 Å². The maximum atomic E-state index is 12.8. The fraction of sp³-hybridized carbons (Fsp3) is 0.250. The van der Waals surface area contributed by atoms with E-state index < -0.39 is 15.2 Å². The Kier molecular flexibility index (Phi) is 12.6. The maximum absolute atomic E-state index is 12.8. The summed E-state index contributed by atoms with van der Waals surface area (Å²) in [6, 6.07) is 43.2. The molecule has 0 radical (unpaired) electrons. The van der Waals surface area contributed by atoms with Crippen LogP contribution in [0.25, 0.3) is 22.3 Å². The molecule has 8 rings (SSSR count). The number of benzene rings is 6. The zero-order chi connectivity index (χ0) is 40.2. The molecule has 2 heterocycles. The maximum Gasteiger partial charge on any atom is 2.00 e. The van der Waals surface area contributed by atoms with Crippen molar-refractivity contribution in [3.63, 3.8) is 0 Å². The fourth-order valence-electron chi connectivity index (χ4n) is 7.60. The SMILES string of the molecule is CC(c1ccccc1)c1cc2c(c(C(C)(C)C)c1)OP(=O)([O-])c1ccccc1-2.CC(c1ccccc1)c1cc2c(c(C(C)(C)C)c1)OP(=O)([O-])c1ccccc1-2.[Ba+2]. The number of hydrogen-bond donors (Lipinski definition) is 0. The molecule has 288 valence electrons. The quantitative estimate of drug-likeness (QED) is 0.129. The van der Waals surface area contributed by atoms with Gasteiger partial charge in [0.25, 0.3) is 0 Å². The van der Waals surface area contributed by atoms with Crippen LogP contribution in [0.5, 0.6) is 11.5 Å². The first-order valence-corrected chi connectivity index (χ1v) is 22.1. The van der Waals surface area contributed by atoms with Crippen LogP contribution in [-0.2, 0) is 20.0 Å². The second-order valence-corrected chi connectivity index (χ2v) is 20.2. The monoisotopic (exact) mass is 920 g/mol. The molecular formula is C48H48BaO6P2. The molecule has 0 bridgehead atoms. The van der Waals surface area contributed by atoms with E-state index in [1.807, 2.05) is 60.7 Å². The normalized spacial score (nSPS) is 19.0. The average molecular weight is 920 g/mol. The Labute approximate surface area is 377 Å². The van der Waals surface area contributed by atoms with Crippen LogP contribution in [0.3, 0.4) is 0 Å². The molecule has 2 aliphatic heterocycles. The topological polar surface area (TPSA) is 98.7 Å². The Hall–Kier alpha value is -3.13. The molecule has 0 N–H and O–H groups in total. The minimum Gasteiger partial charge on any atom is -0.765 e. The second-order valence-electron chi connectivity index (χ2n) is 16.9. The third-order valence-corrected chi connectivity index (χ3v) is 13.6. The Morgan fingerprint density at radius 3 is 1.11 bits per heavy atom. The Morgan fingerprint density at radius 2 is 0.772 bits per heavy atom. The summed E-state index contributed by atoms with van der Waals surface area (Å²) in [4.78, 5) is 25.5. The van der Waals surface area contributed by atoms with E-state index in [9.17, 15) is 18.9 Å². The summed E-state index contributed by atoms with van der Waals surface area (Å²) >= 11 is 0. The van der Waals surface area contributed by atoms with Crippen LogP contribution < -0.4 is 29.4 Å². The van der Waals surface area contributed by atoms with E-state index in [4.69, 9.17) is 9.05 Å². The Morgan fingerprint density at radius 1 is 0.456 bits per heavy atom. The minimum atomic E-state index is -4.15. The van der Waals surface area contributed by atoms with Crippen molar-refractivity contribution >= 4 is 74.7 Å². The van der Waals surface area contributed by atoms with Crippen LogP contribution >= 0.6 is 15.2 Å². The van der Waals surface area contributed by atoms with Crippen LogP contribution in [0.2, 0.25) is 0 Å². The van der Waals surface area contributed by atoms with Gasteiger partial charge in [-0.15, -0.1) is 0 Å². The zero-order valence-corrected chi connectivity index (χ0v) is 40.1. The van der Waals surface area contributed by atoms with Crippen molar-refractivity contribution < 1.29 is 28.0 Å². The molecule has 57 heavy (non-hydrogen) atoms. The van der Waals surface area contributed by atoms with Crippen LogP contribution in [0.15, 0.2) is 133 Å². The van der Waals surface area contributed by atoms with Crippen LogP contribution in [0.4, 0.5) is 0 Å². The van der Waals surface area contributed by atoms with E-state index in [1.165, 1.54) is 11.1 Å². The smallest absolute Gasteiger partial charge is 0.765 e. The standard InChI is InChI=1S/2C24H25O3P.Ba/c2*1-16(17-10-6-5-7-11-17)18-14-20-19-12-8-9-13-22(19)28(25,26)27-23(20)21(15-18)24(2,3)4;/h2*5-16H,1-4H3,(H,25,26);/q;;+2/p-2. The van der Waals surface area contributed by atoms with Crippen LogP contribution in [0.1, 0.15) is 101 Å². The van der Waals surface area contributed by atoms with Crippen LogP contribution in [-0.4, -0.2) is 48.9 Å². The van der Waals surface area contributed by atoms with E-state index in [-0.39, 0.29) is 82.2 Å². The first-order chi connectivity index (χ1) is 26.4. The molecule has 4 atom stereocenters. The molecule has 0 saturated heterocycles. The van der Waals surface area contributed by atoms with Crippen molar-refractivity contribution in [3.05, 3.63) is 167 Å². The molecule has 2 aliphatic rings. The summed E-state index contributed by atoms with van der Waals surface area (Å²) in [6.07, 6.45) is 0. The molecule has 6 aromatic carbocycles. The van der Waals surface area contributed by atoms with E-state index in [0.717, 1.165) is 44.5 Å². The van der Waals surface area contributed by atoms with Gasteiger partial charge in [-0.1, -0.05) is 165 Å². The molecule has 0 fully saturated rings. The van der Waals surface area contributed by atoms with Gasteiger partial charge in [0.2, 0.25) is 15.2 Å². The summed E-state index contributed by atoms with van der Waals surface area (Å²) in [7, 11) is -8.30. The molecule has 0 amide bonds. The summed E-state index contributed by atoms with van der Waals surface area (Å²) < 4.78 is 36.8. The summed E-state index contributed by atoms with van der Waals surface area (Å²) in [5.74, 6) is 1.29. The van der Waals surface area contributed by atoms with Gasteiger partial charge in [0, 0.05) is 44.7 Å². The van der Waals surface area contributed by atoms with E-state index in [1.54, 1.807) is 24.3 Å². The summed E-state index contributed by atoms with van der Waals surface area (Å²) in [5, 5.41) is 0.513. The van der Waals surface area contributed by atoms with Gasteiger partial charge < -0.3 is 18.8 Å². The van der Waals surface area contributed by atoms with Crippen molar-refractivity contribution in [2.24, 2.45) is 0 Å². The zero-order valence-electron chi connectivity index (χ0n) is 33.9. The van der Waals surface area contributed by atoms with Gasteiger partial charge in [-0.2, -0.15) is 0 Å². The van der Waals surface area contributed by atoms with Gasteiger partial charge in [-0.05, 0) is 68.5 Å². The van der Waals surface area contributed by atoms with Crippen molar-refractivity contribution in [1.29, 1.82) is 0 Å². The average Bonchev–Trinajstić information content (AvgIpc) is 3.17. The van der Waals surface area contributed by atoms with Gasteiger partial charge in [0.05, 0.1) is 0 Å². The first-order valence-electron chi connectivity index (χ1n) is 19.0. The molecular weight excluding hydrogens is 872 g/mol. The number of hydrogen-bond acceptors (Lipinski definition) is 6. The van der Waals surface area contributed by atoms with Gasteiger partial charge in [-0.25, -0.2) is 0 Å². The summed E-state index contributed by atoms with van der Waals surface area (Å²) in [6.45, 7) is 16.9. The largest absolute Gasteiger partial charge is 2.00 e. The Balaban J connectivity index is 0.000000189. The number of rotatable bonds is 4. The molecule has 0 spiro atoms. The predicted molar refractivity (Wildman–Crippen MR) is 231 cm³/mol. The van der Waals surface area contributed by atoms with Gasteiger partial charge in [0.1, 0.15) is 11.5 Å². The van der Waals surface area contributed by atoms with E-state index in [2.05, 4.69) is 104 Å². The predicted octanol–water partition coefficient (Wildman–Crippen LogP) is 10.4. The molecule has 0 aliphatic carbocycles. The molecule has 6 aromatic rings. The van der Waals surface area contributed by atoms with E-state index in [0.29, 0.717) is 11.5 Å². The second kappa shape index (κ2) is 16.5. The molecule has 0 saturated carbocycles. The number of fused-ring (bicyclic) bond motifs is 6. The van der Waals surface area contributed by atoms with Crippen molar-refractivity contribution in [3.8, 4) is 33.8 Å². The van der Waals surface area contributed by atoms with Crippen LogP contribution in [0, 0.1) is 0 Å². The molecule has 4 unspecified atom stereocenters. The third kappa shape index (κ3) is 8.77. The third-order valence-electron chi connectivity index (χ3n) is 10.8. The minimum absolute atomic E-state index is 0. The summed E-state index contributed by atoms with van der Waals surface area (Å²) in [5.41, 5.74) is 9.18. The van der Waals surface area contributed by atoms with Crippen molar-refractivity contribution in [2.75, 3.05) is 0 Å². The van der Waals surface area contributed by atoms with Crippen molar-refractivity contribution in [2.45, 2.75) is 78.1 Å². The molecule has 9 heteroatoms. The van der Waals surface area contributed by atoms with Gasteiger partial charge in [-0.3, -0.25) is 9.13 Å². The Bertz CT molecular complexity index is 2350. The first kappa shape index (κ1) is 43.5. The van der Waals surface area contributed by atoms with Gasteiger partial charge in [0.15, 0.2) is 0 Å². The van der Waals surface area contributed by atoms with Gasteiger partial charge >= 0.3 is 48.9 Å². The molecule has 6 nitrogen and oxygen atoms in total. The molecule has 0 aromatic heterocycles. The fourth-order valence-corrected chi connectivity index (χ4v) is 10.2.